The van der Waals surface area contributed by atoms with E-state index in [0.29, 0.717) is 17.6 Å². The van der Waals surface area contributed by atoms with Crippen molar-refractivity contribution in [2.45, 2.75) is 88.4 Å². The Hall–Kier alpha value is 0.0300. The lowest BCUT2D eigenvalue weighted by Gasteiger charge is -2.45. The lowest BCUT2D eigenvalue weighted by atomic mass is 9.85. The monoisotopic (exact) mass is 452 g/mol. The van der Waals surface area contributed by atoms with E-state index < -0.39 is 5.79 Å². The fraction of sp³-hybridized carbons (Fsp3) is 0.880. The van der Waals surface area contributed by atoms with Crippen LogP contribution < -0.4 is 0 Å². The van der Waals surface area contributed by atoms with Gasteiger partial charge < -0.3 is 9.47 Å². The van der Waals surface area contributed by atoms with Crippen molar-refractivity contribution in [3.8, 4) is 0 Å². The fourth-order valence-corrected chi connectivity index (χ4v) is 8.49. The van der Waals surface area contributed by atoms with Crippen LogP contribution in [-0.2, 0) is 14.3 Å². The van der Waals surface area contributed by atoms with E-state index in [-0.39, 0.29) is 11.3 Å². The number of rotatable bonds is 6. The van der Waals surface area contributed by atoms with Crippen LogP contribution in [0.15, 0.2) is 12.2 Å². The summed E-state index contributed by atoms with van der Waals surface area (Å²) in [7, 11) is 0. The van der Waals surface area contributed by atoms with Crippen LogP contribution in [0.2, 0.25) is 0 Å². The molecule has 2 aliphatic heterocycles. The summed E-state index contributed by atoms with van der Waals surface area (Å²) in [5.74, 6) is 3.53. The highest BCUT2D eigenvalue weighted by Crippen LogP contribution is 2.51. The molecular weight excluding hydrogens is 412 g/mol. The first-order valence-electron chi connectivity index (χ1n) is 12.2. The van der Waals surface area contributed by atoms with Crippen molar-refractivity contribution < 1.29 is 14.3 Å². The number of ether oxygens (including phenoxy) is 2. The van der Waals surface area contributed by atoms with Gasteiger partial charge in [0.15, 0.2) is 11.6 Å². The Balaban J connectivity index is 1.42. The molecule has 4 aliphatic rings. The third-order valence-electron chi connectivity index (χ3n) is 7.49. The molecule has 30 heavy (non-hydrogen) atoms. The van der Waals surface area contributed by atoms with E-state index in [4.69, 9.17) is 9.47 Å². The van der Waals surface area contributed by atoms with Crippen molar-refractivity contribution in [1.29, 1.82) is 0 Å². The van der Waals surface area contributed by atoms with Crippen LogP contribution >= 0.6 is 23.5 Å². The molecule has 2 atom stereocenters. The van der Waals surface area contributed by atoms with Gasteiger partial charge in [0, 0.05) is 35.2 Å². The second-order valence-electron chi connectivity index (χ2n) is 10.6. The van der Waals surface area contributed by atoms with Crippen molar-refractivity contribution in [3.05, 3.63) is 12.2 Å². The van der Waals surface area contributed by atoms with Crippen molar-refractivity contribution >= 4 is 29.3 Å². The first-order valence-corrected chi connectivity index (χ1v) is 14.3. The highest BCUT2D eigenvalue weighted by Gasteiger charge is 2.52. The van der Waals surface area contributed by atoms with Gasteiger partial charge in [0.05, 0.1) is 17.8 Å². The molecule has 2 saturated heterocycles. The van der Waals surface area contributed by atoms with E-state index in [0.717, 1.165) is 49.9 Å². The predicted octanol–water partition coefficient (Wildman–Crippen LogP) is 6.46. The number of ketones is 1. The maximum absolute atomic E-state index is 12.9. The summed E-state index contributed by atoms with van der Waals surface area (Å²) in [6.07, 6.45) is 15.8. The van der Waals surface area contributed by atoms with E-state index in [1.807, 2.05) is 6.08 Å². The molecule has 0 aromatic rings. The quantitative estimate of drug-likeness (QED) is 0.341. The molecule has 0 aromatic heterocycles. The van der Waals surface area contributed by atoms with Crippen LogP contribution in [0.25, 0.3) is 0 Å². The Kier molecular flexibility index (Phi) is 7.97. The minimum absolute atomic E-state index is 0.0936. The van der Waals surface area contributed by atoms with Crippen LogP contribution in [-0.4, -0.2) is 40.9 Å². The van der Waals surface area contributed by atoms with Crippen molar-refractivity contribution in [3.63, 3.8) is 0 Å². The zero-order valence-corrected chi connectivity index (χ0v) is 20.5. The summed E-state index contributed by atoms with van der Waals surface area (Å²) < 4.78 is 13.7. The molecule has 5 heteroatoms. The molecule has 170 valence electrons. The summed E-state index contributed by atoms with van der Waals surface area (Å²) in [6.45, 7) is 5.98. The largest absolute Gasteiger partial charge is 0.349 e. The number of hydrogen-bond donors (Lipinski definition) is 0. The van der Waals surface area contributed by atoms with Gasteiger partial charge in [0.2, 0.25) is 0 Å². The number of hydrogen-bond acceptors (Lipinski definition) is 5. The van der Waals surface area contributed by atoms with Gasteiger partial charge in [-0.25, -0.2) is 0 Å². The topological polar surface area (TPSA) is 35.5 Å². The van der Waals surface area contributed by atoms with Crippen LogP contribution in [0.1, 0.15) is 78.1 Å². The molecule has 3 nitrogen and oxygen atoms in total. The maximum Gasteiger partial charge on any atom is 0.171 e. The highest BCUT2D eigenvalue weighted by molar-refractivity contribution is 8.20. The van der Waals surface area contributed by atoms with Crippen molar-refractivity contribution in [1.82, 2.24) is 0 Å². The molecule has 2 aliphatic carbocycles. The first-order chi connectivity index (χ1) is 14.5. The molecule has 0 aromatic carbocycles. The molecule has 4 fully saturated rings. The maximum atomic E-state index is 12.9. The van der Waals surface area contributed by atoms with Gasteiger partial charge in [-0.05, 0) is 44.1 Å². The van der Waals surface area contributed by atoms with Crippen LogP contribution in [0, 0.1) is 23.2 Å². The van der Waals surface area contributed by atoms with Crippen LogP contribution in [0.3, 0.4) is 0 Å². The van der Waals surface area contributed by atoms with Crippen LogP contribution in [0.5, 0.6) is 0 Å². The van der Waals surface area contributed by atoms with Gasteiger partial charge in [0.1, 0.15) is 0 Å². The molecule has 0 amide bonds. The molecular formula is C25H40O3S2. The van der Waals surface area contributed by atoms with Gasteiger partial charge >= 0.3 is 0 Å². The zero-order valence-electron chi connectivity index (χ0n) is 18.9. The fourth-order valence-electron chi connectivity index (χ4n) is 5.63. The average Bonchev–Trinajstić information content (AvgIpc) is 3.27. The lowest BCUT2D eigenvalue weighted by molar-refractivity contribution is -0.316. The Morgan fingerprint density at radius 3 is 2.30 bits per heavy atom. The zero-order chi connectivity index (χ0) is 21.0. The molecule has 0 bridgehead atoms. The second kappa shape index (κ2) is 10.3. The van der Waals surface area contributed by atoms with E-state index in [1.165, 1.54) is 43.6 Å². The van der Waals surface area contributed by atoms with E-state index in [1.54, 1.807) is 0 Å². The van der Waals surface area contributed by atoms with Gasteiger partial charge in [-0.1, -0.05) is 45.6 Å². The number of carbonyl (C=O) groups is 1. The molecule has 0 N–H and O–H groups in total. The SMILES string of the molecule is CC1(C)COC2(CC[C@H](C=CC(=O)C3CCCCCC3)[C@H]2CCC2SCCS2)OC1. The Morgan fingerprint density at radius 1 is 0.967 bits per heavy atom. The minimum Gasteiger partial charge on any atom is -0.349 e. The number of thioether (sulfide) groups is 2. The van der Waals surface area contributed by atoms with Gasteiger partial charge in [-0.2, -0.15) is 0 Å². The Morgan fingerprint density at radius 2 is 1.63 bits per heavy atom. The summed E-state index contributed by atoms with van der Waals surface area (Å²) in [5.41, 5.74) is 0.0936. The molecule has 2 heterocycles. The summed E-state index contributed by atoms with van der Waals surface area (Å²) in [4.78, 5) is 12.9. The highest BCUT2D eigenvalue weighted by atomic mass is 32.2. The lowest BCUT2D eigenvalue weighted by Crippen LogP contribution is -2.50. The van der Waals surface area contributed by atoms with E-state index in [9.17, 15) is 4.79 Å². The number of allylic oxidation sites excluding steroid dienone is 2. The Bertz CT molecular complexity index is 594. The Labute approximate surface area is 191 Å². The molecule has 0 unspecified atom stereocenters. The van der Waals surface area contributed by atoms with Crippen molar-refractivity contribution in [2.24, 2.45) is 23.2 Å². The van der Waals surface area contributed by atoms with E-state index >= 15 is 0 Å². The summed E-state index contributed by atoms with van der Waals surface area (Å²) in [6, 6.07) is 0. The normalized spacial score (nSPS) is 32.7. The average molecular weight is 453 g/mol. The number of carbonyl (C=O) groups excluding carboxylic acids is 1. The van der Waals surface area contributed by atoms with Crippen molar-refractivity contribution in [2.75, 3.05) is 24.7 Å². The third-order valence-corrected chi connectivity index (χ3v) is 10.7. The molecule has 4 rings (SSSR count). The van der Waals surface area contributed by atoms with Gasteiger partial charge in [-0.15, -0.1) is 23.5 Å². The molecule has 0 radical (unpaired) electrons. The molecule has 1 spiro atoms. The molecule has 2 saturated carbocycles. The van der Waals surface area contributed by atoms with E-state index in [2.05, 4.69) is 43.4 Å². The first kappa shape index (κ1) is 23.2. The minimum atomic E-state index is -0.427. The van der Waals surface area contributed by atoms with Crippen LogP contribution in [0.4, 0.5) is 0 Å². The third kappa shape index (κ3) is 5.68. The standard InChI is InChI=1S/C25H40O3S2/c1-24(2)17-27-25(28-18-24)14-13-19(21(25)10-12-23-29-15-16-30-23)9-11-22(26)20-7-5-3-4-6-8-20/h9,11,19-21,23H,3-8,10,12-18H2,1-2H3/t19-,21+/m0/s1. The summed E-state index contributed by atoms with van der Waals surface area (Å²) >= 11 is 4.22. The smallest absolute Gasteiger partial charge is 0.171 e. The second-order valence-corrected chi connectivity index (χ2v) is 13.5. The summed E-state index contributed by atoms with van der Waals surface area (Å²) in [5, 5.41) is 0. The van der Waals surface area contributed by atoms with Gasteiger partial charge in [0.25, 0.3) is 0 Å². The predicted molar refractivity (Wildman–Crippen MR) is 128 cm³/mol. The van der Waals surface area contributed by atoms with Gasteiger partial charge in [-0.3, -0.25) is 4.79 Å².